The zero-order valence-corrected chi connectivity index (χ0v) is 10.5. The number of aryl methyl sites for hydroxylation is 2. The Morgan fingerprint density at radius 2 is 1.93 bits per heavy atom. The molecule has 1 aromatic carbocycles. The van der Waals surface area contributed by atoms with Crippen molar-refractivity contribution < 1.29 is 4.79 Å². The number of rotatable bonds is 3. The second-order valence-corrected chi connectivity index (χ2v) is 4.93. The number of carbonyl (C=O) groups is 1. The van der Waals surface area contributed by atoms with Crippen LogP contribution in [0.15, 0.2) is 18.2 Å². The van der Waals surface area contributed by atoms with Gasteiger partial charge in [-0.1, -0.05) is 37.6 Å². The third-order valence-electron chi connectivity index (χ3n) is 2.58. The summed E-state index contributed by atoms with van der Waals surface area (Å²) in [6, 6.07) is 5.88. The molecule has 0 heterocycles. The summed E-state index contributed by atoms with van der Waals surface area (Å²) in [5, 5.41) is 0. The van der Waals surface area contributed by atoms with Crippen molar-refractivity contribution in [2.24, 2.45) is 5.41 Å². The summed E-state index contributed by atoms with van der Waals surface area (Å²) in [7, 11) is 0. The average molecular weight is 225 g/mol. The third kappa shape index (κ3) is 2.60. The molecule has 0 fully saturated rings. The fourth-order valence-corrected chi connectivity index (χ4v) is 1.61. The van der Waals surface area contributed by atoms with Gasteiger partial charge in [0.2, 0.25) is 0 Å². The highest BCUT2D eigenvalue weighted by Gasteiger charge is 2.28. The number of carbonyl (C=O) groups excluding carboxylic acids is 1. The van der Waals surface area contributed by atoms with Crippen LogP contribution >= 0.6 is 11.6 Å². The van der Waals surface area contributed by atoms with Gasteiger partial charge in [-0.05, 0) is 19.4 Å². The van der Waals surface area contributed by atoms with Gasteiger partial charge in [-0.3, -0.25) is 4.79 Å². The zero-order valence-electron chi connectivity index (χ0n) is 9.73. The van der Waals surface area contributed by atoms with Crippen molar-refractivity contribution in [1.82, 2.24) is 0 Å². The average Bonchev–Trinajstić information content (AvgIpc) is 2.17. The molecule has 0 bridgehead atoms. The van der Waals surface area contributed by atoms with Crippen LogP contribution in [0.5, 0.6) is 0 Å². The van der Waals surface area contributed by atoms with Gasteiger partial charge in [0.05, 0.1) is 0 Å². The van der Waals surface area contributed by atoms with E-state index in [-0.39, 0.29) is 5.78 Å². The molecule has 1 nitrogen and oxygen atoms in total. The molecule has 0 aromatic heterocycles. The van der Waals surface area contributed by atoms with Crippen molar-refractivity contribution >= 4 is 17.4 Å². The minimum Gasteiger partial charge on any atom is -0.294 e. The molecule has 15 heavy (non-hydrogen) atoms. The van der Waals surface area contributed by atoms with E-state index in [9.17, 15) is 4.79 Å². The van der Waals surface area contributed by atoms with Gasteiger partial charge >= 0.3 is 0 Å². The summed E-state index contributed by atoms with van der Waals surface area (Å²) in [5.74, 6) is 0.467. The lowest BCUT2D eigenvalue weighted by atomic mass is 9.84. The molecule has 0 radical (unpaired) electrons. The topological polar surface area (TPSA) is 17.1 Å². The van der Waals surface area contributed by atoms with Gasteiger partial charge in [0.1, 0.15) is 0 Å². The Hall–Kier alpha value is -0.820. The van der Waals surface area contributed by atoms with Crippen LogP contribution in [0.1, 0.15) is 35.3 Å². The van der Waals surface area contributed by atoms with Crippen LogP contribution in [0.2, 0.25) is 0 Å². The zero-order chi connectivity index (χ0) is 11.6. The Kier molecular flexibility index (Phi) is 3.56. The fourth-order valence-electron chi connectivity index (χ4n) is 1.49. The van der Waals surface area contributed by atoms with E-state index in [4.69, 9.17) is 11.6 Å². The molecular weight excluding hydrogens is 208 g/mol. The lowest BCUT2D eigenvalue weighted by molar-refractivity contribution is 0.0861. The molecule has 0 aliphatic rings. The van der Waals surface area contributed by atoms with Crippen LogP contribution in [0.25, 0.3) is 0 Å². The second kappa shape index (κ2) is 4.36. The van der Waals surface area contributed by atoms with E-state index in [2.05, 4.69) is 0 Å². The highest BCUT2D eigenvalue weighted by atomic mass is 35.5. The summed E-state index contributed by atoms with van der Waals surface area (Å²) >= 11 is 5.80. The SMILES string of the molecule is Cc1ccc(C(=O)C(C)(C)CCl)c(C)c1. The van der Waals surface area contributed by atoms with Crippen molar-refractivity contribution in [3.63, 3.8) is 0 Å². The summed E-state index contributed by atoms with van der Waals surface area (Å²) in [6.45, 7) is 7.74. The minimum absolute atomic E-state index is 0.120. The molecular formula is C13H17ClO. The van der Waals surface area contributed by atoms with Crippen molar-refractivity contribution in [2.45, 2.75) is 27.7 Å². The number of Topliss-reactive ketones (excluding diaryl/α,β-unsaturated/α-hetero) is 1. The highest BCUT2D eigenvalue weighted by Crippen LogP contribution is 2.25. The molecule has 0 saturated carbocycles. The maximum absolute atomic E-state index is 12.1. The molecule has 0 N–H and O–H groups in total. The van der Waals surface area contributed by atoms with E-state index >= 15 is 0 Å². The first-order chi connectivity index (χ1) is 6.88. The van der Waals surface area contributed by atoms with Crippen LogP contribution < -0.4 is 0 Å². The standard InChI is InChI=1S/C13H17ClO/c1-9-5-6-11(10(2)7-9)12(15)13(3,4)8-14/h5-7H,8H2,1-4H3. The van der Waals surface area contributed by atoms with E-state index in [1.54, 1.807) is 0 Å². The minimum atomic E-state index is -0.485. The van der Waals surface area contributed by atoms with Crippen molar-refractivity contribution in [3.8, 4) is 0 Å². The molecule has 2 heteroatoms. The third-order valence-corrected chi connectivity index (χ3v) is 3.24. The summed E-state index contributed by atoms with van der Waals surface area (Å²) in [4.78, 5) is 12.1. The van der Waals surface area contributed by atoms with Gasteiger partial charge in [0, 0.05) is 16.9 Å². The number of ketones is 1. The van der Waals surface area contributed by atoms with Crippen LogP contribution in [-0.2, 0) is 0 Å². The predicted octanol–water partition coefficient (Wildman–Crippen LogP) is 3.75. The Balaban J connectivity index is 3.12. The maximum atomic E-state index is 12.1. The Labute approximate surface area is 96.5 Å². The van der Waals surface area contributed by atoms with E-state index < -0.39 is 5.41 Å². The normalized spacial score (nSPS) is 11.5. The van der Waals surface area contributed by atoms with Crippen molar-refractivity contribution in [1.29, 1.82) is 0 Å². The molecule has 0 atom stereocenters. The van der Waals surface area contributed by atoms with Gasteiger partial charge in [-0.2, -0.15) is 0 Å². The van der Waals surface area contributed by atoms with E-state index in [0.717, 1.165) is 11.1 Å². The quantitative estimate of drug-likeness (QED) is 0.565. The van der Waals surface area contributed by atoms with Gasteiger partial charge in [0.15, 0.2) is 5.78 Å². The molecule has 1 rings (SSSR count). The van der Waals surface area contributed by atoms with Crippen molar-refractivity contribution in [2.75, 3.05) is 5.88 Å². The van der Waals surface area contributed by atoms with Crippen LogP contribution in [0.4, 0.5) is 0 Å². The number of hydrogen-bond acceptors (Lipinski definition) is 1. The van der Waals surface area contributed by atoms with Crippen LogP contribution in [-0.4, -0.2) is 11.7 Å². The number of halogens is 1. The molecule has 0 aliphatic carbocycles. The first-order valence-electron chi connectivity index (χ1n) is 5.06. The highest BCUT2D eigenvalue weighted by molar-refractivity contribution is 6.21. The van der Waals surface area contributed by atoms with E-state index in [0.29, 0.717) is 5.88 Å². The van der Waals surface area contributed by atoms with E-state index in [1.807, 2.05) is 45.9 Å². The molecule has 0 saturated heterocycles. The summed E-state index contributed by atoms with van der Waals surface area (Å²) in [5.41, 5.74) is 2.50. The van der Waals surface area contributed by atoms with Gasteiger partial charge in [-0.15, -0.1) is 11.6 Å². The van der Waals surface area contributed by atoms with Gasteiger partial charge in [-0.25, -0.2) is 0 Å². The summed E-state index contributed by atoms with van der Waals surface area (Å²) < 4.78 is 0. The van der Waals surface area contributed by atoms with Crippen LogP contribution in [0, 0.1) is 19.3 Å². The van der Waals surface area contributed by atoms with Crippen LogP contribution in [0.3, 0.4) is 0 Å². The Morgan fingerprint density at radius 1 is 1.33 bits per heavy atom. The van der Waals surface area contributed by atoms with Crippen molar-refractivity contribution in [3.05, 3.63) is 34.9 Å². The fraction of sp³-hybridized carbons (Fsp3) is 0.462. The molecule has 0 amide bonds. The van der Waals surface area contributed by atoms with E-state index in [1.165, 1.54) is 5.56 Å². The maximum Gasteiger partial charge on any atom is 0.169 e. The molecule has 0 unspecified atom stereocenters. The van der Waals surface area contributed by atoms with Gasteiger partial charge in [0.25, 0.3) is 0 Å². The molecule has 1 aromatic rings. The Bertz CT molecular complexity index is 380. The number of benzene rings is 1. The second-order valence-electron chi connectivity index (χ2n) is 4.67. The summed E-state index contributed by atoms with van der Waals surface area (Å²) in [6.07, 6.45) is 0. The monoisotopic (exact) mass is 224 g/mol. The molecule has 0 spiro atoms. The first kappa shape index (κ1) is 12.3. The first-order valence-corrected chi connectivity index (χ1v) is 5.60. The van der Waals surface area contributed by atoms with Gasteiger partial charge < -0.3 is 0 Å². The predicted molar refractivity (Wildman–Crippen MR) is 64.7 cm³/mol. The lowest BCUT2D eigenvalue weighted by Gasteiger charge is -2.20. The number of hydrogen-bond donors (Lipinski definition) is 0. The lowest BCUT2D eigenvalue weighted by Crippen LogP contribution is -2.26. The smallest absolute Gasteiger partial charge is 0.169 e. The molecule has 0 aliphatic heterocycles. The Morgan fingerprint density at radius 3 is 2.40 bits per heavy atom. The molecule has 82 valence electrons. The largest absolute Gasteiger partial charge is 0.294 e. The number of alkyl halides is 1.